The predicted octanol–water partition coefficient (Wildman–Crippen LogP) is -1.68. The van der Waals surface area contributed by atoms with Gasteiger partial charge in [-0.3, -0.25) is 0 Å². The lowest BCUT2D eigenvalue weighted by Crippen LogP contribution is -3.16. The monoisotopic (exact) mass is 327 g/mol. The minimum absolute atomic E-state index is 0. The van der Waals surface area contributed by atoms with Crippen molar-refractivity contribution in [1.29, 1.82) is 0 Å². The number of benzene rings is 1. The van der Waals surface area contributed by atoms with Crippen LogP contribution < -0.4 is 17.3 Å². The number of halogens is 1. The number of hydrogen-bond acceptors (Lipinski definition) is 3. The van der Waals surface area contributed by atoms with Gasteiger partial charge >= 0.3 is 5.97 Å². The van der Waals surface area contributed by atoms with Crippen LogP contribution in [0.25, 0.3) is 0 Å². The Kier molecular flexibility index (Phi) is 9.13. The average molecular weight is 328 g/mol. The van der Waals surface area contributed by atoms with E-state index in [0.717, 1.165) is 19.2 Å². The Balaban J connectivity index is 0.00000242. The van der Waals surface area contributed by atoms with Crippen LogP contribution in [0.5, 0.6) is 0 Å². The molecule has 1 fully saturated rings. The third kappa shape index (κ3) is 6.34. The summed E-state index contributed by atoms with van der Waals surface area (Å²) in [5, 5.41) is 0. The van der Waals surface area contributed by atoms with Crippen LogP contribution in [-0.2, 0) is 9.47 Å². The molecule has 0 radical (unpaired) electrons. The molecule has 1 saturated heterocycles. The lowest BCUT2D eigenvalue weighted by Gasteiger charge is -2.30. The van der Waals surface area contributed by atoms with Gasteiger partial charge < -0.3 is 26.8 Å². The first-order valence-corrected chi connectivity index (χ1v) is 7.92. The van der Waals surface area contributed by atoms with Crippen molar-refractivity contribution in [2.45, 2.75) is 32.2 Å². The largest absolute Gasteiger partial charge is 1.00 e. The molecular weight excluding hydrogens is 302 g/mol. The smallest absolute Gasteiger partial charge is 0.338 e. The molecule has 0 aromatic heterocycles. The Labute approximate surface area is 139 Å². The van der Waals surface area contributed by atoms with Crippen molar-refractivity contribution in [2.75, 3.05) is 32.9 Å². The highest BCUT2D eigenvalue weighted by Gasteiger charge is 2.20. The highest BCUT2D eigenvalue weighted by molar-refractivity contribution is 5.89. The molecule has 124 valence electrons. The van der Waals surface area contributed by atoms with E-state index in [0.29, 0.717) is 18.8 Å². The van der Waals surface area contributed by atoms with E-state index in [1.54, 1.807) is 17.0 Å². The van der Waals surface area contributed by atoms with Gasteiger partial charge in [-0.25, -0.2) is 4.79 Å². The molecule has 1 aromatic rings. The van der Waals surface area contributed by atoms with Crippen molar-refractivity contribution in [3.8, 4) is 0 Å². The number of piperidine rings is 1. The third-order valence-corrected chi connectivity index (χ3v) is 4.12. The van der Waals surface area contributed by atoms with E-state index in [-0.39, 0.29) is 18.4 Å². The second-order valence-corrected chi connectivity index (χ2v) is 5.67. The zero-order chi connectivity index (χ0) is 14.9. The second kappa shape index (κ2) is 10.6. The van der Waals surface area contributed by atoms with E-state index in [1.807, 2.05) is 18.2 Å². The fourth-order valence-electron chi connectivity index (χ4n) is 2.78. The summed E-state index contributed by atoms with van der Waals surface area (Å²) in [6.07, 6.45) is 4.01. The first kappa shape index (κ1) is 18.9. The highest BCUT2D eigenvalue weighted by atomic mass is 35.5. The summed E-state index contributed by atoms with van der Waals surface area (Å²) in [6.45, 7) is 6.15. The maximum absolute atomic E-state index is 11.7. The Morgan fingerprint density at radius 1 is 1.18 bits per heavy atom. The molecule has 1 heterocycles. The van der Waals surface area contributed by atoms with Crippen LogP contribution in [0.1, 0.15) is 36.5 Å². The quantitative estimate of drug-likeness (QED) is 0.480. The van der Waals surface area contributed by atoms with Gasteiger partial charge in [0.1, 0.15) is 13.2 Å². The number of carbonyl (C=O) groups excluding carboxylic acids is 1. The van der Waals surface area contributed by atoms with Gasteiger partial charge in [-0.05, 0) is 38.3 Å². The van der Waals surface area contributed by atoms with Crippen LogP contribution >= 0.6 is 0 Å². The van der Waals surface area contributed by atoms with Crippen LogP contribution in [0.3, 0.4) is 0 Å². The number of ether oxygens (including phenoxy) is 2. The summed E-state index contributed by atoms with van der Waals surface area (Å²) < 4.78 is 10.7. The van der Waals surface area contributed by atoms with Gasteiger partial charge in [-0.15, -0.1) is 0 Å². The van der Waals surface area contributed by atoms with Gasteiger partial charge in [0, 0.05) is 0 Å². The maximum atomic E-state index is 11.7. The van der Waals surface area contributed by atoms with Crippen molar-refractivity contribution in [3.05, 3.63) is 35.9 Å². The zero-order valence-corrected chi connectivity index (χ0v) is 14.0. The molecule has 1 N–H and O–H groups in total. The summed E-state index contributed by atoms with van der Waals surface area (Å²) in [5.74, 6) is -0.283. The van der Waals surface area contributed by atoms with Gasteiger partial charge in [0.2, 0.25) is 0 Å². The molecule has 4 nitrogen and oxygen atoms in total. The molecule has 0 spiro atoms. The molecule has 0 bridgehead atoms. The van der Waals surface area contributed by atoms with E-state index in [1.165, 1.54) is 25.8 Å². The van der Waals surface area contributed by atoms with Crippen molar-refractivity contribution in [3.63, 3.8) is 0 Å². The zero-order valence-electron chi connectivity index (χ0n) is 13.2. The van der Waals surface area contributed by atoms with Crippen molar-refractivity contribution in [2.24, 2.45) is 0 Å². The van der Waals surface area contributed by atoms with Crippen molar-refractivity contribution < 1.29 is 31.6 Å². The predicted molar refractivity (Wildman–Crippen MR) is 81.6 cm³/mol. The van der Waals surface area contributed by atoms with Crippen LogP contribution in [0.15, 0.2) is 30.3 Å². The second-order valence-electron chi connectivity index (χ2n) is 5.67. The summed E-state index contributed by atoms with van der Waals surface area (Å²) in [6, 6.07) is 9.79. The fraction of sp³-hybridized carbons (Fsp3) is 0.588. The topological polar surface area (TPSA) is 40.0 Å². The summed E-state index contributed by atoms with van der Waals surface area (Å²) >= 11 is 0. The molecule has 2 atom stereocenters. The minimum atomic E-state index is -0.283. The lowest BCUT2D eigenvalue weighted by atomic mass is 10.0. The molecule has 5 heteroatoms. The Bertz CT molecular complexity index is 427. The standard InChI is InChI=1S/C17H25NO3.ClH/c1-15-7-5-6-10-18(15)11-12-20-13-14-21-17(19)16-8-3-2-4-9-16;/h2-4,8-9,15H,5-7,10-14H2,1H3;1H. The molecule has 2 unspecified atom stereocenters. The van der Waals surface area contributed by atoms with Gasteiger partial charge in [0.15, 0.2) is 0 Å². The number of likely N-dealkylation sites (tertiary alicyclic amines) is 1. The molecule has 1 aromatic carbocycles. The van der Waals surface area contributed by atoms with Crippen LogP contribution in [0, 0.1) is 0 Å². The van der Waals surface area contributed by atoms with Crippen LogP contribution in [0.2, 0.25) is 0 Å². The van der Waals surface area contributed by atoms with Crippen molar-refractivity contribution in [1.82, 2.24) is 0 Å². The molecular formula is C17H26ClNO3. The minimum Gasteiger partial charge on any atom is -1.00 e. The summed E-state index contributed by atoms with van der Waals surface area (Å²) in [5.41, 5.74) is 0.587. The van der Waals surface area contributed by atoms with E-state index < -0.39 is 0 Å². The number of rotatable bonds is 7. The molecule has 1 aliphatic rings. The van der Waals surface area contributed by atoms with Gasteiger partial charge in [0.25, 0.3) is 0 Å². The van der Waals surface area contributed by atoms with E-state index in [9.17, 15) is 4.79 Å². The molecule has 22 heavy (non-hydrogen) atoms. The van der Waals surface area contributed by atoms with Crippen LogP contribution in [-0.4, -0.2) is 44.9 Å². The Hall–Kier alpha value is -1.10. The maximum Gasteiger partial charge on any atom is 0.338 e. The first-order valence-electron chi connectivity index (χ1n) is 7.92. The van der Waals surface area contributed by atoms with Crippen molar-refractivity contribution >= 4 is 5.97 Å². The Morgan fingerprint density at radius 3 is 2.68 bits per heavy atom. The molecule has 0 aliphatic carbocycles. The van der Waals surface area contributed by atoms with Gasteiger partial charge in [-0.2, -0.15) is 0 Å². The molecule has 1 aliphatic heterocycles. The Morgan fingerprint density at radius 2 is 1.95 bits per heavy atom. The van der Waals surface area contributed by atoms with E-state index in [4.69, 9.17) is 9.47 Å². The number of carbonyl (C=O) groups is 1. The normalized spacial score (nSPS) is 21.0. The number of quaternary nitrogens is 1. The summed E-state index contributed by atoms with van der Waals surface area (Å²) in [4.78, 5) is 13.3. The molecule has 0 saturated carbocycles. The highest BCUT2D eigenvalue weighted by Crippen LogP contribution is 2.02. The lowest BCUT2D eigenvalue weighted by molar-refractivity contribution is -0.928. The first-order chi connectivity index (χ1) is 10.3. The number of esters is 1. The SMILES string of the molecule is CC1CCCC[NH+]1CCOCCOC(=O)c1ccccc1.[Cl-]. The van der Waals surface area contributed by atoms with Gasteiger partial charge in [0.05, 0.1) is 31.4 Å². The van der Waals surface area contributed by atoms with Crippen LogP contribution in [0.4, 0.5) is 0 Å². The summed E-state index contributed by atoms with van der Waals surface area (Å²) in [7, 11) is 0. The van der Waals surface area contributed by atoms with E-state index >= 15 is 0 Å². The fourth-order valence-corrected chi connectivity index (χ4v) is 2.78. The third-order valence-electron chi connectivity index (χ3n) is 4.12. The average Bonchev–Trinajstić information content (AvgIpc) is 2.53. The number of nitrogens with one attached hydrogen (secondary N) is 1. The van der Waals surface area contributed by atoms with Gasteiger partial charge in [-0.1, -0.05) is 18.2 Å². The van der Waals surface area contributed by atoms with E-state index in [2.05, 4.69) is 6.92 Å². The number of hydrogen-bond donors (Lipinski definition) is 1. The molecule has 0 amide bonds. The molecule has 2 rings (SSSR count).